The molecule has 0 saturated carbocycles. The minimum atomic E-state index is -0.923. The SMILES string of the molecule is CC(=O)c1ccc(OCC2CCC(C(=O)O)O2)cc1. The lowest BCUT2D eigenvalue weighted by molar-refractivity contribution is -0.149. The first kappa shape index (κ1) is 13.5. The van der Waals surface area contributed by atoms with Gasteiger partial charge in [-0.15, -0.1) is 0 Å². The third kappa shape index (κ3) is 3.54. The Morgan fingerprint density at radius 1 is 1.32 bits per heavy atom. The molecular weight excluding hydrogens is 248 g/mol. The van der Waals surface area contributed by atoms with E-state index in [4.69, 9.17) is 14.6 Å². The topological polar surface area (TPSA) is 72.8 Å². The molecule has 0 spiro atoms. The zero-order chi connectivity index (χ0) is 13.8. The molecule has 1 aromatic rings. The summed E-state index contributed by atoms with van der Waals surface area (Å²) in [7, 11) is 0. The summed E-state index contributed by atoms with van der Waals surface area (Å²) in [6.45, 7) is 1.83. The fourth-order valence-corrected chi connectivity index (χ4v) is 1.98. The van der Waals surface area contributed by atoms with Crippen LogP contribution in [0.4, 0.5) is 0 Å². The van der Waals surface area contributed by atoms with Gasteiger partial charge in [-0.05, 0) is 44.0 Å². The summed E-state index contributed by atoms with van der Waals surface area (Å²) >= 11 is 0. The van der Waals surface area contributed by atoms with Gasteiger partial charge in [-0.2, -0.15) is 0 Å². The van der Waals surface area contributed by atoms with Gasteiger partial charge in [0.2, 0.25) is 0 Å². The predicted octanol–water partition coefficient (Wildman–Crippen LogP) is 1.90. The van der Waals surface area contributed by atoms with Crippen LogP contribution in [0.25, 0.3) is 0 Å². The number of hydrogen-bond donors (Lipinski definition) is 1. The van der Waals surface area contributed by atoms with Crippen LogP contribution in [0.2, 0.25) is 0 Å². The van der Waals surface area contributed by atoms with E-state index >= 15 is 0 Å². The number of ketones is 1. The molecule has 2 unspecified atom stereocenters. The van der Waals surface area contributed by atoms with Gasteiger partial charge >= 0.3 is 5.97 Å². The number of carboxylic acid groups (broad SMARTS) is 1. The molecule has 1 fully saturated rings. The molecule has 2 atom stereocenters. The van der Waals surface area contributed by atoms with Crippen molar-refractivity contribution in [2.24, 2.45) is 0 Å². The minimum Gasteiger partial charge on any atom is -0.491 e. The van der Waals surface area contributed by atoms with Crippen LogP contribution >= 0.6 is 0 Å². The van der Waals surface area contributed by atoms with Crippen LogP contribution < -0.4 is 4.74 Å². The summed E-state index contributed by atoms with van der Waals surface area (Å²) in [4.78, 5) is 21.8. The number of benzene rings is 1. The average molecular weight is 264 g/mol. The Morgan fingerprint density at radius 2 is 2.00 bits per heavy atom. The van der Waals surface area contributed by atoms with Crippen LogP contribution in [0.5, 0.6) is 5.75 Å². The normalized spacial score (nSPS) is 22.2. The van der Waals surface area contributed by atoms with Crippen molar-refractivity contribution in [1.82, 2.24) is 0 Å². The van der Waals surface area contributed by atoms with Crippen LogP contribution in [0.3, 0.4) is 0 Å². The van der Waals surface area contributed by atoms with Gasteiger partial charge in [0, 0.05) is 5.56 Å². The van der Waals surface area contributed by atoms with Crippen molar-refractivity contribution < 1.29 is 24.2 Å². The predicted molar refractivity (Wildman–Crippen MR) is 67.5 cm³/mol. The first-order valence-corrected chi connectivity index (χ1v) is 6.18. The largest absolute Gasteiger partial charge is 0.491 e. The van der Waals surface area contributed by atoms with E-state index in [1.54, 1.807) is 24.3 Å². The van der Waals surface area contributed by atoms with Gasteiger partial charge < -0.3 is 14.6 Å². The first-order chi connectivity index (χ1) is 9.06. The third-order valence-electron chi connectivity index (χ3n) is 3.08. The summed E-state index contributed by atoms with van der Waals surface area (Å²) in [6.07, 6.45) is 0.303. The van der Waals surface area contributed by atoms with Gasteiger partial charge in [-0.25, -0.2) is 4.79 Å². The van der Waals surface area contributed by atoms with Gasteiger partial charge in [0.1, 0.15) is 12.4 Å². The highest BCUT2D eigenvalue weighted by atomic mass is 16.6. The van der Waals surface area contributed by atoms with Crippen molar-refractivity contribution in [3.05, 3.63) is 29.8 Å². The molecule has 5 nitrogen and oxygen atoms in total. The maximum atomic E-state index is 11.1. The van der Waals surface area contributed by atoms with E-state index in [9.17, 15) is 9.59 Å². The maximum absolute atomic E-state index is 11.1. The molecule has 5 heteroatoms. The zero-order valence-electron chi connectivity index (χ0n) is 10.7. The number of hydrogen-bond acceptors (Lipinski definition) is 4. The summed E-state index contributed by atoms with van der Waals surface area (Å²) in [6, 6.07) is 6.85. The standard InChI is InChI=1S/C14H16O5/c1-9(15)10-2-4-11(5-3-10)18-8-12-6-7-13(19-12)14(16)17/h2-5,12-13H,6-8H2,1H3,(H,16,17). The number of aliphatic carboxylic acids is 1. The molecule has 0 bridgehead atoms. The number of carbonyl (C=O) groups excluding carboxylic acids is 1. The second-order valence-corrected chi connectivity index (χ2v) is 4.55. The van der Waals surface area contributed by atoms with E-state index in [2.05, 4.69) is 0 Å². The molecule has 0 aliphatic carbocycles. The lowest BCUT2D eigenvalue weighted by Crippen LogP contribution is -2.23. The molecule has 2 rings (SSSR count). The Balaban J connectivity index is 1.83. The Morgan fingerprint density at radius 3 is 2.53 bits per heavy atom. The molecule has 1 aliphatic heterocycles. The molecule has 0 amide bonds. The Kier molecular flexibility index (Phi) is 4.16. The van der Waals surface area contributed by atoms with E-state index in [1.165, 1.54) is 6.92 Å². The second-order valence-electron chi connectivity index (χ2n) is 4.55. The third-order valence-corrected chi connectivity index (χ3v) is 3.08. The highest BCUT2D eigenvalue weighted by Gasteiger charge is 2.30. The van der Waals surface area contributed by atoms with Crippen molar-refractivity contribution in [2.75, 3.05) is 6.61 Å². The van der Waals surface area contributed by atoms with Crippen LogP contribution in [-0.2, 0) is 9.53 Å². The Bertz CT molecular complexity index is 465. The van der Waals surface area contributed by atoms with Crippen molar-refractivity contribution in [3.63, 3.8) is 0 Å². The smallest absolute Gasteiger partial charge is 0.332 e. The minimum absolute atomic E-state index is 0.00924. The fourth-order valence-electron chi connectivity index (χ4n) is 1.98. The van der Waals surface area contributed by atoms with E-state index < -0.39 is 12.1 Å². The van der Waals surface area contributed by atoms with Crippen molar-refractivity contribution in [3.8, 4) is 5.75 Å². The van der Waals surface area contributed by atoms with Gasteiger partial charge in [0.25, 0.3) is 0 Å². The van der Waals surface area contributed by atoms with Crippen LogP contribution in [0.1, 0.15) is 30.1 Å². The van der Waals surface area contributed by atoms with Crippen molar-refractivity contribution >= 4 is 11.8 Å². The number of carbonyl (C=O) groups is 2. The number of ether oxygens (including phenoxy) is 2. The molecule has 1 aliphatic rings. The van der Waals surface area contributed by atoms with Crippen LogP contribution in [0, 0.1) is 0 Å². The Labute approximate surface area is 111 Å². The molecule has 0 aromatic heterocycles. The fraction of sp³-hybridized carbons (Fsp3) is 0.429. The number of rotatable bonds is 5. The molecule has 1 saturated heterocycles. The quantitative estimate of drug-likeness (QED) is 0.822. The average Bonchev–Trinajstić information content (AvgIpc) is 2.86. The van der Waals surface area contributed by atoms with Crippen LogP contribution in [-0.4, -0.2) is 35.7 Å². The Hall–Kier alpha value is -1.88. The molecule has 1 aromatic carbocycles. The lowest BCUT2D eigenvalue weighted by atomic mass is 10.1. The first-order valence-electron chi connectivity index (χ1n) is 6.18. The van der Waals surface area contributed by atoms with Gasteiger partial charge in [-0.3, -0.25) is 4.79 Å². The van der Waals surface area contributed by atoms with Crippen molar-refractivity contribution in [1.29, 1.82) is 0 Å². The monoisotopic (exact) mass is 264 g/mol. The molecular formula is C14H16O5. The summed E-state index contributed by atoms with van der Waals surface area (Å²) < 4.78 is 10.9. The van der Waals surface area contributed by atoms with E-state index in [0.29, 0.717) is 30.8 Å². The number of Topliss-reactive ketones (excluding diaryl/α,β-unsaturated/α-hetero) is 1. The summed E-state index contributed by atoms with van der Waals surface area (Å²) in [5, 5.41) is 8.80. The second kappa shape index (κ2) is 5.84. The van der Waals surface area contributed by atoms with Gasteiger partial charge in [0.05, 0.1) is 6.10 Å². The lowest BCUT2D eigenvalue weighted by Gasteiger charge is -2.12. The maximum Gasteiger partial charge on any atom is 0.332 e. The highest BCUT2D eigenvalue weighted by Crippen LogP contribution is 2.21. The molecule has 1 heterocycles. The van der Waals surface area contributed by atoms with E-state index in [1.807, 2.05) is 0 Å². The molecule has 0 radical (unpaired) electrons. The number of carboxylic acids is 1. The molecule has 19 heavy (non-hydrogen) atoms. The van der Waals surface area contributed by atoms with Gasteiger partial charge in [0.15, 0.2) is 11.9 Å². The summed E-state index contributed by atoms with van der Waals surface area (Å²) in [5.41, 5.74) is 0.635. The molecule has 102 valence electrons. The van der Waals surface area contributed by atoms with Gasteiger partial charge in [-0.1, -0.05) is 0 Å². The van der Waals surface area contributed by atoms with Crippen LogP contribution in [0.15, 0.2) is 24.3 Å². The highest BCUT2D eigenvalue weighted by molar-refractivity contribution is 5.94. The summed E-state index contributed by atoms with van der Waals surface area (Å²) in [5.74, 6) is -0.268. The van der Waals surface area contributed by atoms with E-state index in [0.717, 1.165) is 0 Å². The molecule has 1 N–H and O–H groups in total. The van der Waals surface area contributed by atoms with E-state index in [-0.39, 0.29) is 11.9 Å². The zero-order valence-corrected chi connectivity index (χ0v) is 10.7. The van der Waals surface area contributed by atoms with Crippen molar-refractivity contribution in [2.45, 2.75) is 32.0 Å².